The average Bonchev–Trinajstić information content (AvgIpc) is 2.84. The first kappa shape index (κ1) is 14.5. The maximum Gasteiger partial charge on any atom is 0.0616 e. The molecule has 0 bridgehead atoms. The fourth-order valence-corrected chi connectivity index (χ4v) is 2.95. The quantitative estimate of drug-likeness (QED) is 0.818. The Morgan fingerprint density at radius 2 is 2.21 bits per heavy atom. The van der Waals surface area contributed by atoms with Crippen molar-refractivity contribution >= 4 is 22.6 Å². The third-order valence-corrected chi connectivity index (χ3v) is 4.73. The summed E-state index contributed by atoms with van der Waals surface area (Å²) < 4.78 is 3.34. The number of hydrogen-bond acceptors (Lipinski definition) is 2. The van der Waals surface area contributed by atoms with Crippen LogP contribution in [0.3, 0.4) is 0 Å². The van der Waals surface area contributed by atoms with E-state index < -0.39 is 0 Å². The molecule has 102 valence electrons. The molecule has 0 saturated heterocycles. The highest BCUT2D eigenvalue weighted by molar-refractivity contribution is 14.1. The molecule has 0 radical (unpaired) electrons. The lowest BCUT2D eigenvalue weighted by molar-refractivity contribution is 0.600. The molecule has 1 heterocycles. The number of nitrogens with zero attached hydrogens (tertiary/aromatic N) is 2. The molecule has 1 aromatic carbocycles. The van der Waals surface area contributed by atoms with Crippen molar-refractivity contribution < 1.29 is 0 Å². The summed E-state index contributed by atoms with van der Waals surface area (Å²) in [6.07, 6.45) is 5.21. The van der Waals surface area contributed by atoms with Gasteiger partial charge in [-0.2, -0.15) is 5.10 Å². The molecular formula is C15H20IN3. The Balaban J connectivity index is 2.35. The molecule has 2 aromatic rings. The van der Waals surface area contributed by atoms with E-state index >= 15 is 0 Å². The number of benzene rings is 1. The third-order valence-electron chi connectivity index (χ3n) is 3.26. The number of aryl methyl sites for hydroxylation is 2. The summed E-state index contributed by atoms with van der Waals surface area (Å²) in [6.45, 7) is 5.29. The highest BCUT2D eigenvalue weighted by atomic mass is 127. The average molecular weight is 369 g/mol. The van der Waals surface area contributed by atoms with E-state index in [1.54, 1.807) is 0 Å². The van der Waals surface area contributed by atoms with E-state index in [-0.39, 0.29) is 6.04 Å². The summed E-state index contributed by atoms with van der Waals surface area (Å²) in [5.74, 6) is 0. The lowest BCUT2D eigenvalue weighted by atomic mass is 10.00. The first-order chi connectivity index (χ1) is 9.17. The fraction of sp³-hybridized carbons (Fsp3) is 0.400. The van der Waals surface area contributed by atoms with Gasteiger partial charge >= 0.3 is 0 Å². The van der Waals surface area contributed by atoms with Crippen molar-refractivity contribution in [3.8, 4) is 0 Å². The van der Waals surface area contributed by atoms with Gasteiger partial charge in [0.2, 0.25) is 0 Å². The van der Waals surface area contributed by atoms with Gasteiger partial charge < -0.3 is 5.32 Å². The summed E-state index contributed by atoms with van der Waals surface area (Å²) in [5, 5.41) is 7.83. The smallest absolute Gasteiger partial charge is 0.0616 e. The van der Waals surface area contributed by atoms with Crippen LogP contribution in [0.5, 0.6) is 0 Å². The molecule has 0 fully saturated rings. The Morgan fingerprint density at radius 1 is 1.42 bits per heavy atom. The molecule has 0 aliphatic heterocycles. The highest BCUT2D eigenvalue weighted by Gasteiger charge is 2.17. The molecule has 0 saturated carbocycles. The number of hydrogen-bond donors (Lipinski definition) is 1. The van der Waals surface area contributed by atoms with Gasteiger partial charge in [0.25, 0.3) is 0 Å². The molecule has 1 N–H and O–H groups in total. The molecular weight excluding hydrogens is 349 g/mol. The van der Waals surface area contributed by atoms with Crippen LogP contribution in [0.2, 0.25) is 0 Å². The van der Waals surface area contributed by atoms with Gasteiger partial charge in [-0.3, -0.25) is 4.68 Å². The lowest BCUT2D eigenvalue weighted by Gasteiger charge is -2.17. The minimum absolute atomic E-state index is 0.206. The van der Waals surface area contributed by atoms with Crippen LogP contribution in [0.15, 0.2) is 30.6 Å². The second kappa shape index (κ2) is 6.52. The third kappa shape index (κ3) is 3.17. The maximum absolute atomic E-state index is 4.43. The summed E-state index contributed by atoms with van der Waals surface area (Å²) in [5.41, 5.74) is 3.86. The van der Waals surface area contributed by atoms with Crippen LogP contribution in [-0.4, -0.2) is 16.8 Å². The molecule has 1 unspecified atom stereocenters. The van der Waals surface area contributed by atoms with Crippen molar-refractivity contribution in [2.24, 2.45) is 0 Å². The molecule has 19 heavy (non-hydrogen) atoms. The van der Waals surface area contributed by atoms with Crippen molar-refractivity contribution in [3.05, 3.63) is 50.9 Å². The predicted molar refractivity (Wildman–Crippen MR) is 87.3 cm³/mol. The minimum Gasteiger partial charge on any atom is -0.309 e. The summed E-state index contributed by atoms with van der Waals surface area (Å²) >= 11 is 2.43. The normalized spacial score (nSPS) is 12.6. The Labute approximate surface area is 128 Å². The highest BCUT2D eigenvalue weighted by Crippen LogP contribution is 2.27. The Bertz CT molecular complexity index is 548. The zero-order valence-corrected chi connectivity index (χ0v) is 13.8. The zero-order chi connectivity index (χ0) is 13.8. The van der Waals surface area contributed by atoms with E-state index in [0.29, 0.717) is 0 Å². The van der Waals surface area contributed by atoms with E-state index in [2.05, 4.69) is 71.2 Å². The summed E-state index contributed by atoms with van der Waals surface area (Å²) in [7, 11) is 2.00. The van der Waals surface area contributed by atoms with Crippen molar-refractivity contribution in [1.29, 1.82) is 0 Å². The van der Waals surface area contributed by atoms with Gasteiger partial charge in [0.05, 0.1) is 12.2 Å². The van der Waals surface area contributed by atoms with Gasteiger partial charge in [0.15, 0.2) is 0 Å². The molecule has 2 rings (SSSR count). The van der Waals surface area contributed by atoms with E-state index in [0.717, 1.165) is 13.0 Å². The molecule has 4 heteroatoms. The second-order valence-corrected chi connectivity index (χ2v) is 5.82. The first-order valence-corrected chi connectivity index (χ1v) is 7.69. The van der Waals surface area contributed by atoms with Crippen molar-refractivity contribution in [1.82, 2.24) is 15.1 Å². The Morgan fingerprint density at radius 3 is 2.89 bits per heavy atom. The van der Waals surface area contributed by atoms with Crippen LogP contribution in [0.1, 0.15) is 36.1 Å². The zero-order valence-electron chi connectivity index (χ0n) is 11.7. The number of rotatable bonds is 5. The Hall–Kier alpha value is -0.880. The molecule has 0 aliphatic rings. The van der Waals surface area contributed by atoms with Gasteiger partial charge in [-0.25, -0.2) is 0 Å². The monoisotopic (exact) mass is 369 g/mol. The van der Waals surface area contributed by atoms with Crippen LogP contribution < -0.4 is 5.32 Å². The van der Waals surface area contributed by atoms with Gasteiger partial charge in [0.1, 0.15) is 0 Å². The van der Waals surface area contributed by atoms with Crippen LogP contribution in [0.4, 0.5) is 0 Å². The van der Waals surface area contributed by atoms with Gasteiger partial charge in [0, 0.05) is 21.9 Å². The van der Waals surface area contributed by atoms with Crippen LogP contribution in [-0.2, 0) is 6.54 Å². The SMILES string of the molecule is CCCn1cc(C(NC)c2cccc(C)c2I)cn1. The van der Waals surface area contributed by atoms with Gasteiger partial charge in [-0.15, -0.1) is 0 Å². The van der Waals surface area contributed by atoms with E-state index in [1.165, 1.54) is 20.3 Å². The topological polar surface area (TPSA) is 29.9 Å². The maximum atomic E-state index is 4.43. The number of halogens is 1. The standard InChI is InChI=1S/C15H20IN3/c1-4-8-19-10-12(9-18-19)15(17-3)13-7-5-6-11(2)14(13)16/h5-7,9-10,15,17H,4,8H2,1-3H3. The number of aromatic nitrogens is 2. The molecule has 3 nitrogen and oxygen atoms in total. The van der Waals surface area contributed by atoms with Crippen LogP contribution in [0, 0.1) is 10.5 Å². The molecule has 1 aromatic heterocycles. The van der Waals surface area contributed by atoms with E-state index in [9.17, 15) is 0 Å². The summed E-state index contributed by atoms with van der Waals surface area (Å²) in [6, 6.07) is 6.66. The lowest BCUT2D eigenvalue weighted by Crippen LogP contribution is -2.18. The van der Waals surface area contributed by atoms with Gasteiger partial charge in [-0.05, 0) is 54.1 Å². The van der Waals surface area contributed by atoms with E-state index in [4.69, 9.17) is 0 Å². The van der Waals surface area contributed by atoms with Crippen LogP contribution >= 0.6 is 22.6 Å². The second-order valence-electron chi connectivity index (χ2n) is 4.74. The first-order valence-electron chi connectivity index (χ1n) is 6.62. The van der Waals surface area contributed by atoms with E-state index in [1.807, 2.05) is 17.9 Å². The number of nitrogens with one attached hydrogen (secondary N) is 1. The fourth-order valence-electron chi connectivity index (χ4n) is 2.27. The van der Waals surface area contributed by atoms with Crippen molar-refractivity contribution in [3.63, 3.8) is 0 Å². The molecule has 0 amide bonds. The Kier molecular flexibility index (Phi) is 4.99. The predicted octanol–water partition coefficient (Wildman–Crippen LogP) is 3.51. The van der Waals surface area contributed by atoms with Crippen molar-refractivity contribution in [2.45, 2.75) is 32.9 Å². The van der Waals surface area contributed by atoms with Crippen LogP contribution in [0.25, 0.3) is 0 Å². The molecule has 0 spiro atoms. The largest absolute Gasteiger partial charge is 0.309 e. The summed E-state index contributed by atoms with van der Waals surface area (Å²) in [4.78, 5) is 0. The molecule has 1 atom stereocenters. The van der Waals surface area contributed by atoms with Crippen molar-refractivity contribution in [2.75, 3.05) is 7.05 Å². The minimum atomic E-state index is 0.206. The van der Waals surface area contributed by atoms with Gasteiger partial charge in [-0.1, -0.05) is 25.1 Å². The molecule has 0 aliphatic carbocycles.